The lowest BCUT2D eigenvalue weighted by molar-refractivity contribution is -0.139. The fraction of sp³-hybridized carbons (Fsp3) is 0.350. The maximum Gasteiger partial charge on any atom is 0.421 e. The molecule has 3 rings (SSSR count). The maximum absolute atomic E-state index is 15.3. The van der Waals surface area contributed by atoms with Crippen LogP contribution in [0.5, 0.6) is 0 Å². The molecule has 29 heavy (non-hydrogen) atoms. The van der Waals surface area contributed by atoms with Crippen molar-refractivity contribution >= 4 is 24.0 Å². The van der Waals surface area contributed by atoms with Gasteiger partial charge in [-0.3, -0.25) is 4.79 Å². The first-order valence-corrected chi connectivity index (χ1v) is 11.6. The van der Waals surface area contributed by atoms with Crippen LogP contribution in [-0.2, 0) is 15.5 Å². The second-order valence-electron chi connectivity index (χ2n) is 7.31. The zero-order valence-corrected chi connectivity index (χ0v) is 17.1. The minimum absolute atomic E-state index is 0.0575. The number of hydrogen-bond donors (Lipinski definition) is 1. The molecule has 4 nitrogen and oxygen atoms in total. The smallest absolute Gasteiger partial charge is 0.319 e. The zero-order chi connectivity index (χ0) is 21.6. The SMILES string of the molecule is CNC1CCN(c2ccc(-c3ccccc3P(C)(C)=O)c(F)c2C(F)(F)F)C1=O. The second kappa shape index (κ2) is 7.58. The molecule has 1 atom stereocenters. The van der Waals surface area contributed by atoms with Crippen LogP contribution in [0.3, 0.4) is 0 Å². The van der Waals surface area contributed by atoms with Gasteiger partial charge in [-0.05, 0) is 44.5 Å². The van der Waals surface area contributed by atoms with Crippen LogP contribution < -0.4 is 15.5 Å². The van der Waals surface area contributed by atoms with E-state index in [4.69, 9.17) is 0 Å². The molecule has 1 aliphatic heterocycles. The summed E-state index contributed by atoms with van der Waals surface area (Å²) in [4.78, 5) is 13.4. The van der Waals surface area contributed by atoms with Gasteiger partial charge in [0, 0.05) is 17.4 Å². The summed E-state index contributed by atoms with van der Waals surface area (Å²) in [5, 5.41) is 3.05. The van der Waals surface area contributed by atoms with Gasteiger partial charge in [-0.1, -0.05) is 24.3 Å². The van der Waals surface area contributed by atoms with E-state index < -0.39 is 42.3 Å². The van der Waals surface area contributed by atoms with Crippen molar-refractivity contribution in [3.05, 3.63) is 47.8 Å². The lowest BCUT2D eigenvalue weighted by Crippen LogP contribution is -2.37. The Balaban J connectivity index is 2.23. The molecular formula is C20H21F4N2O2P. The summed E-state index contributed by atoms with van der Waals surface area (Å²) in [5.74, 6) is -2.01. The van der Waals surface area contributed by atoms with Crippen LogP contribution in [0, 0.1) is 5.82 Å². The molecule has 1 fully saturated rings. The van der Waals surface area contributed by atoms with E-state index in [9.17, 15) is 22.5 Å². The molecule has 1 unspecified atom stereocenters. The largest absolute Gasteiger partial charge is 0.421 e. The van der Waals surface area contributed by atoms with Gasteiger partial charge in [0.1, 0.15) is 18.5 Å². The second-order valence-corrected chi connectivity index (χ2v) is 10.5. The van der Waals surface area contributed by atoms with Crippen molar-refractivity contribution in [1.82, 2.24) is 5.32 Å². The third-order valence-electron chi connectivity index (χ3n) is 5.02. The van der Waals surface area contributed by atoms with Crippen LogP contribution in [0.1, 0.15) is 12.0 Å². The Bertz CT molecular complexity index is 1000. The molecule has 2 aromatic rings. The molecule has 2 aromatic carbocycles. The lowest BCUT2D eigenvalue weighted by Gasteiger charge is -2.24. The summed E-state index contributed by atoms with van der Waals surface area (Å²) < 4.78 is 69.4. The summed E-state index contributed by atoms with van der Waals surface area (Å²) in [7, 11) is -1.33. The number of alkyl halides is 3. The highest BCUT2D eigenvalue weighted by Crippen LogP contribution is 2.45. The van der Waals surface area contributed by atoms with Crippen LogP contribution in [-0.4, -0.2) is 38.9 Å². The van der Waals surface area contributed by atoms with Crippen molar-refractivity contribution < 1.29 is 26.9 Å². The molecule has 0 radical (unpaired) electrons. The van der Waals surface area contributed by atoms with E-state index >= 15 is 4.39 Å². The summed E-state index contributed by atoms with van der Waals surface area (Å²) in [5.41, 5.74) is -2.14. The van der Waals surface area contributed by atoms with Crippen molar-refractivity contribution in [2.45, 2.75) is 18.6 Å². The van der Waals surface area contributed by atoms with Crippen molar-refractivity contribution in [3.8, 4) is 11.1 Å². The number of nitrogens with one attached hydrogen (secondary N) is 1. The van der Waals surface area contributed by atoms with Crippen LogP contribution in [0.2, 0.25) is 0 Å². The van der Waals surface area contributed by atoms with Crippen molar-refractivity contribution in [3.63, 3.8) is 0 Å². The van der Waals surface area contributed by atoms with E-state index in [1.807, 2.05) is 0 Å². The van der Waals surface area contributed by atoms with Crippen LogP contribution in [0.15, 0.2) is 36.4 Å². The molecule has 1 heterocycles. The molecule has 1 saturated heterocycles. The Kier molecular flexibility index (Phi) is 5.62. The minimum Gasteiger partial charge on any atom is -0.319 e. The van der Waals surface area contributed by atoms with Gasteiger partial charge in [-0.25, -0.2) is 4.39 Å². The third-order valence-corrected chi connectivity index (χ3v) is 6.57. The molecule has 1 N–H and O–H groups in total. The first kappa shape index (κ1) is 21.5. The van der Waals surface area contributed by atoms with Crippen LogP contribution in [0.25, 0.3) is 11.1 Å². The lowest BCUT2D eigenvalue weighted by atomic mass is 9.99. The van der Waals surface area contributed by atoms with Crippen LogP contribution >= 0.6 is 7.14 Å². The van der Waals surface area contributed by atoms with E-state index in [2.05, 4.69) is 5.32 Å². The average molecular weight is 428 g/mol. The highest BCUT2D eigenvalue weighted by molar-refractivity contribution is 7.70. The molecular weight excluding hydrogens is 407 g/mol. The van der Waals surface area contributed by atoms with Gasteiger partial charge in [-0.15, -0.1) is 0 Å². The van der Waals surface area contributed by atoms with Crippen LogP contribution in [0.4, 0.5) is 23.2 Å². The Hall–Kier alpha value is -2.18. The summed E-state index contributed by atoms with van der Waals surface area (Å²) in [6, 6.07) is 7.86. The molecule has 1 aliphatic rings. The standard InChI is InChI=1S/C20H21F4N2O2P/c1-25-14-10-11-26(19(14)27)15-9-8-13(18(21)17(15)20(22,23)24)12-6-4-5-7-16(12)29(2,3)28/h4-9,14,25H,10-11H2,1-3H3. The zero-order valence-electron chi connectivity index (χ0n) is 16.2. The molecule has 1 amide bonds. The molecule has 156 valence electrons. The molecule has 0 aliphatic carbocycles. The van der Waals surface area contributed by atoms with Gasteiger partial charge in [-0.2, -0.15) is 13.2 Å². The van der Waals surface area contributed by atoms with E-state index in [0.717, 1.165) is 11.0 Å². The summed E-state index contributed by atoms with van der Waals surface area (Å²) >= 11 is 0. The number of anilines is 1. The normalized spacial score (nSPS) is 17.8. The van der Waals surface area contributed by atoms with E-state index in [1.54, 1.807) is 19.2 Å². The Morgan fingerprint density at radius 1 is 1.10 bits per heavy atom. The van der Waals surface area contributed by atoms with Gasteiger partial charge < -0.3 is 14.8 Å². The predicted octanol–water partition coefficient (Wildman–Crippen LogP) is 4.08. The maximum atomic E-state index is 15.3. The molecule has 9 heteroatoms. The van der Waals surface area contributed by atoms with Gasteiger partial charge in [0.05, 0.1) is 11.7 Å². The number of amides is 1. The molecule has 0 aromatic heterocycles. The van der Waals surface area contributed by atoms with Crippen molar-refractivity contribution in [1.29, 1.82) is 0 Å². The Morgan fingerprint density at radius 2 is 1.76 bits per heavy atom. The summed E-state index contributed by atoms with van der Waals surface area (Å²) in [6.07, 6.45) is -4.68. The van der Waals surface area contributed by atoms with Gasteiger partial charge >= 0.3 is 6.18 Å². The quantitative estimate of drug-likeness (QED) is 0.590. The average Bonchev–Trinajstić information content (AvgIpc) is 3.00. The fourth-order valence-corrected chi connectivity index (χ4v) is 4.85. The predicted molar refractivity (Wildman–Crippen MR) is 106 cm³/mol. The molecule has 0 spiro atoms. The Morgan fingerprint density at radius 3 is 2.31 bits per heavy atom. The first-order valence-electron chi connectivity index (χ1n) is 9.00. The number of rotatable bonds is 4. The number of likely N-dealkylation sites (N-methyl/N-ethyl adjacent to an activating group) is 1. The van der Waals surface area contributed by atoms with E-state index in [0.29, 0.717) is 11.7 Å². The van der Waals surface area contributed by atoms with Crippen molar-refractivity contribution in [2.24, 2.45) is 0 Å². The van der Waals surface area contributed by atoms with Gasteiger partial charge in [0.25, 0.3) is 0 Å². The molecule has 0 saturated carbocycles. The topological polar surface area (TPSA) is 49.4 Å². The number of halogens is 4. The first-order chi connectivity index (χ1) is 13.5. The van der Waals surface area contributed by atoms with Gasteiger partial charge in [0.15, 0.2) is 0 Å². The van der Waals surface area contributed by atoms with E-state index in [1.165, 1.54) is 31.5 Å². The number of carbonyl (C=O) groups is 1. The van der Waals surface area contributed by atoms with Gasteiger partial charge in [0.2, 0.25) is 5.91 Å². The van der Waals surface area contributed by atoms with Crippen molar-refractivity contribution in [2.75, 3.05) is 31.8 Å². The number of benzene rings is 2. The number of nitrogens with zero attached hydrogens (tertiary/aromatic N) is 1. The fourth-order valence-electron chi connectivity index (χ4n) is 3.63. The number of carbonyl (C=O) groups excluding carboxylic acids is 1. The highest BCUT2D eigenvalue weighted by atomic mass is 31.2. The minimum atomic E-state index is -5.01. The summed E-state index contributed by atoms with van der Waals surface area (Å²) in [6.45, 7) is 3.01. The third kappa shape index (κ3) is 3.96. The number of hydrogen-bond acceptors (Lipinski definition) is 3. The Labute approximate surface area is 166 Å². The highest BCUT2D eigenvalue weighted by Gasteiger charge is 2.43. The monoisotopic (exact) mass is 428 g/mol. The van der Waals surface area contributed by atoms with E-state index in [-0.39, 0.29) is 17.7 Å². The molecule has 0 bridgehead atoms.